The third-order valence-electron chi connectivity index (χ3n) is 7.38. The van der Waals surface area contributed by atoms with Gasteiger partial charge in [-0.1, -0.05) is 50.2 Å². The van der Waals surface area contributed by atoms with Gasteiger partial charge in [-0.25, -0.2) is 0 Å². The molecule has 0 unspecified atom stereocenters. The van der Waals surface area contributed by atoms with Crippen LogP contribution in [0.4, 0.5) is 5.69 Å². The maximum Gasteiger partial charge on any atom is 0.252 e. The Hall–Kier alpha value is -4.45. The van der Waals surface area contributed by atoms with Crippen LogP contribution in [-0.4, -0.2) is 75.8 Å². The minimum atomic E-state index is -0.943. The highest BCUT2D eigenvalue weighted by Gasteiger charge is 2.44. The number of likely N-dealkylation sites (tertiary alicyclic amines) is 1. The number of rotatable bonds is 7. The van der Waals surface area contributed by atoms with E-state index in [0.29, 0.717) is 36.2 Å². The van der Waals surface area contributed by atoms with Crippen LogP contribution in [-0.2, 0) is 16.1 Å². The molecule has 0 spiro atoms. The Morgan fingerprint density at radius 2 is 1.93 bits per heavy atom. The van der Waals surface area contributed by atoms with E-state index in [9.17, 15) is 19.5 Å². The molecule has 2 aromatic carbocycles. The fraction of sp³-hybridized carbons (Fsp3) is 0.433. The molecule has 42 heavy (non-hydrogen) atoms. The van der Waals surface area contributed by atoms with Gasteiger partial charge < -0.3 is 35.2 Å². The Kier molecular flexibility index (Phi) is 8.17. The van der Waals surface area contributed by atoms with Crippen molar-refractivity contribution in [3.8, 4) is 17.1 Å². The number of aliphatic hydroxyl groups is 1. The summed E-state index contributed by atoms with van der Waals surface area (Å²) >= 11 is 0. The first-order chi connectivity index (χ1) is 20.0. The van der Waals surface area contributed by atoms with Crippen molar-refractivity contribution in [2.75, 3.05) is 25.0 Å². The second-order valence-electron chi connectivity index (χ2n) is 11.7. The van der Waals surface area contributed by atoms with E-state index in [1.807, 2.05) is 45.0 Å². The minimum absolute atomic E-state index is 0.00343. The van der Waals surface area contributed by atoms with Gasteiger partial charge in [0.05, 0.1) is 11.8 Å². The molecule has 0 radical (unpaired) electrons. The molecule has 3 heterocycles. The quantitative estimate of drug-likeness (QED) is 0.331. The molecule has 1 fully saturated rings. The van der Waals surface area contributed by atoms with Crippen molar-refractivity contribution in [3.63, 3.8) is 0 Å². The first kappa shape index (κ1) is 29.1. The van der Waals surface area contributed by atoms with Gasteiger partial charge in [0.25, 0.3) is 5.91 Å². The summed E-state index contributed by atoms with van der Waals surface area (Å²) in [6.45, 7) is 8.65. The monoisotopic (exact) mass is 576 g/mol. The molecule has 0 aliphatic carbocycles. The number of aliphatic hydroxyl groups excluding tert-OH is 1. The SMILES string of the molecule is Cc1nc(-c2ccc(CNC(=O)[C@@H]3C[C@@H](O)CN3C(=O)[C@@H](NC(=O)c3ccc4c(c3)OCCN4)C(C)(C)C)cc2)no1. The Balaban J connectivity index is 1.25. The Labute approximate surface area is 243 Å². The van der Waals surface area contributed by atoms with E-state index in [-0.39, 0.29) is 25.4 Å². The molecule has 0 saturated carbocycles. The number of carbonyl (C=O) groups is 3. The lowest BCUT2D eigenvalue weighted by molar-refractivity contribution is -0.142. The molecule has 2 aliphatic rings. The number of hydrogen-bond donors (Lipinski definition) is 4. The van der Waals surface area contributed by atoms with Crippen molar-refractivity contribution in [1.29, 1.82) is 0 Å². The zero-order valence-electron chi connectivity index (χ0n) is 24.1. The van der Waals surface area contributed by atoms with Gasteiger partial charge in [-0.15, -0.1) is 0 Å². The molecule has 1 aromatic heterocycles. The summed E-state index contributed by atoms with van der Waals surface area (Å²) in [7, 11) is 0. The molecule has 3 amide bonds. The van der Waals surface area contributed by atoms with Gasteiger partial charge in [0.2, 0.25) is 23.5 Å². The largest absolute Gasteiger partial charge is 0.490 e. The zero-order valence-corrected chi connectivity index (χ0v) is 24.1. The van der Waals surface area contributed by atoms with Crippen LogP contribution in [0.15, 0.2) is 47.0 Å². The molecule has 1 saturated heterocycles. The number of hydrogen-bond acceptors (Lipinski definition) is 9. The van der Waals surface area contributed by atoms with Gasteiger partial charge in [-0.2, -0.15) is 4.98 Å². The third kappa shape index (κ3) is 6.38. The molecule has 2 aliphatic heterocycles. The molecule has 5 rings (SSSR count). The van der Waals surface area contributed by atoms with Crippen LogP contribution in [0, 0.1) is 12.3 Å². The second kappa shape index (κ2) is 11.8. The molecular weight excluding hydrogens is 540 g/mol. The average molecular weight is 577 g/mol. The van der Waals surface area contributed by atoms with Gasteiger partial charge in [-0.05, 0) is 29.2 Å². The number of nitrogens with zero attached hydrogens (tertiary/aromatic N) is 3. The van der Waals surface area contributed by atoms with Crippen LogP contribution < -0.4 is 20.7 Å². The number of carbonyl (C=O) groups excluding carboxylic acids is 3. The summed E-state index contributed by atoms with van der Waals surface area (Å²) in [5.41, 5.74) is 2.11. The lowest BCUT2D eigenvalue weighted by Gasteiger charge is -2.35. The van der Waals surface area contributed by atoms with E-state index >= 15 is 0 Å². The van der Waals surface area contributed by atoms with Crippen molar-refractivity contribution >= 4 is 23.4 Å². The topological polar surface area (TPSA) is 159 Å². The highest BCUT2D eigenvalue weighted by Crippen LogP contribution is 2.30. The molecule has 4 N–H and O–H groups in total. The van der Waals surface area contributed by atoms with Crippen LogP contribution >= 0.6 is 0 Å². The number of β-amino-alcohol motifs (C(OH)–C–C–N with tert-alkyl or cyclic N) is 1. The Morgan fingerprint density at radius 1 is 1.17 bits per heavy atom. The van der Waals surface area contributed by atoms with Crippen LogP contribution in [0.1, 0.15) is 49.0 Å². The first-order valence-electron chi connectivity index (χ1n) is 14.0. The molecule has 12 nitrogen and oxygen atoms in total. The van der Waals surface area contributed by atoms with Crippen LogP contribution in [0.3, 0.4) is 0 Å². The van der Waals surface area contributed by atoms with E-state index in [4.69, 9.17) is 9.26 Å². The Bertz CT molecular complexity index is 1460. The van der Waals surface area contributed by atoms with E-state index in [0.717, 1.165) is 16.8 Å². The van der Waals surface area contributed by atoms with Crippen molar-refractivity contribution in [1.82, 2.24) is 25.7 Å². The number of aromatic nitrogens is 2. The molecule has 0 bridgehead atoms. The summed E-state index contributed by atoms with van der Waals surface area (Å²) < 4.78 is 10.7. The average Bonchev–Trinajstić information content (AvgIpc) is 3.59. The second-order valence-corrected chi connectivity index (χ2v) is 11.7. The molecule has 12 heteroatoms. The predicted molar refractivity (Wildman–Crippen MR) is 154 cm³/mol. The number of amides is 3. The lowest BCUT2D eigenvalue weighted by atomic mass is 9.85. The maximum absolute atomic E-state index is 13.9. The van der Waals surface area contributed by atoms with Gasteiger partial charge >= 0.3 is 0 Å². The predicted octanol–water partition coefficient (Wildman–Crippen LogP) is 2.27. The standard InChI is InChI=1S/C30H36N6O6/c1-17-33-26(35-42-17)19-7-5-18(6-8-19)15-32-28(39)23-14-21(37)16-36(23)29(40)25(30(2,3)4)34-27(38)20-9-10-22-24(13-20)41-12-11-31-22/h5-10,13,21,23,25,31,37H,11-12,14-16H2,1-4H3,(H,32,39)(H,34,38)/t21-,23+,25-/m1/s1. The lowest BCUT2D eigenvalue weighted by Crippen LogP contribution is -2.57. The number of ether oxygens (including phenoxy) is 1. The molecule has 222 valence electrons. The smallest absolute Gasteiger partial charge is 0.252 e. The fourth-order valence-electron chi connectivity index (χ4n) is 5.11. The summed E-state index contributed by atoms with van der Waals surface area (Å²) in [4.78, 5) is 46.0. The maximum atomic E-state index is 13.9. The highest BCUT2D eigenvalue weighted by atomic mass is 16.5. The molecule has 3 aromatic rings. The number of aryl methyl sites for hydroxylation is 1. The van der Waals surface area contributed by atoms with Crippen LogP contribution in [0.25, 0.3) is 11.4 Å². The summed E-state index contributed by atoms with van der Waals surface area (Å²) in [6, 6.07) is 10.6. The van der Waals surface area contributed by atoms with E-state index in [1.54, 1.807) is 25.1 Å². The number of nitrogens with one attached hydrogen (secondary N) is 3. The van der Waals surface area contributed by atoms with Crippen molar-refractivity contribution < 1.29 is 28.8 Å². The van der Waals surface area contributed by atoms with Gasteiger partial charge in [0, 0.05) is 44.1 Å². The van der Waals surface area contributed by atoms with Gasteiger partial charge in [0.15, 0.2) is 0 Å². The van der Waals surface area contributed by atoms with Gasteiger partial charge in [-0.3, -0.25) is 14.4 Å². The number of benzene rings is 2. The fourth-order valence-corrected chi connectivity index (χ4v) is 5.11. The third-order valence-corrected chi connectivity index (χ3v) is 7.38. The molecule has 3 atom stereocenters. The van der Waals surface area contributed by atoms with E-state index in [2.05, 4.69) is 26.1 Å². The van der Waals surface area contributed by atoms with Crippen molar-refractivity contribution in [2.45, 2.75) is 58.8 Å². The van der Waals surface area contributed by atoms with E-state index < -0.39 is 35.4 Å². The van der Waals surface area contributed by atoms with Gasteiger partial charge in [0.1, 0.15) is 24.4 Å². The number of anilines is 1. The molecular formula is C30H36N6O6. The Morgan fingerprint density at radius 3 is 2.62 bits per heavy atom. The van der Waals surface area contributed by atoms with E-state index in [1.165, 1.54) is 4.90 Å². The highest BCUT2D eigenvalue weighted by molar-refractivity contribution is 5.99. The normalized spacial score (nSPS) is 18.8. The van der Waals surface area contributed by atoms with Crippen LogP contribution in [0.5, 0.6) is 5.75 Å². The summed E-state index contributed by atoms with van der Waals surface area (Å²) in [5.74, 6) is 0.291. The minimum Gasteiger partial charge on any atom is -0.490 e. The van der Waals surface area contributed by atoms with Crippen LogP contribution in [0.2, 0.25) is 0 Å². The summed E-state index contributed by atoms with van der Waals surface area (Å²) in [5, 5.41) is 23.3. The number of fused-ring (bicyclic) bond motifs is 1. The van der Waals surface area contributed by atoms with Crippen molar-refractivity contribution in [3.05, 3.63) is 59.5 Å². The zero-order chi connectivity index (χ0) is 30.0. The first-order valence-corrected chi connectivity index (χ1v) is 14.0. The van der Waals surface area contributed by atoms with Crippen molar-refractivity contribution in [2.24, 2.45) is 5.41 Å². The summed E-state index contributed by atoms with van der Waals surface area (Å²) in [6.07, 6.45) is -0.753.